The van der Waals surface area contributed by atoms with Crippen LogP contribution < -0.4 is 0 Å². The second-order valence-corrected chi connectivity index (χ2v) is 4.41. The van der Waals surface area contributed by atoms with E-state index >= 15 is 0 Å². The Labute approximate surface area is 102 Å². The Morgan fingerprint density at radius 2 is 2.24 bits per heavy atom. The number of benzene rings is 1. The summed E-state index contributed by atoms with van der Waals surface area (Å²) in [6.07, 6.45) is 0.528. The van der Waals surface area contributed by atoms with E-state index in [1.165, 1.54) is 11.1 Å². The average Bonchev–Trinajstić information content (AvgIpc) is 3.03. The van der Waals surface area contributed by atoms with Crippen molar-refractivity contribution in [3.8, 4) is 0 Å². The van der Waals surface area contributed by atoms with Crippen molar-refractivity contribution in [3.05, 3.63) is 35.4 Å². The molecule has 0 bridgehead atoms. The van der Waals surface area contributed by atoms with Gasteiger partial charge in [-0.25, -0.2) is 0 Å². The number of rotatable bonds is 2. The highest BCUT2D eigenvalue weighted by Gasteiger charge is 2.51. The molecule has 1 saturated carbocycles. The quantitative estimate of drug-likeness (QED) is 0.737. The topological polar surface area (TPSA) is 35.5 Å². The molecule has 0 radical (unpaired) electrons. The van der Waals surface area contributed by atoms with Crippen molar-refractivity contribution in [3.63, 3.8) is 0 Å². The van der Waals surface area contributed by atoms with E-state index in [1.807, 2.05) is 0 Å². The molecular weight excluding hydrogens is 216 g/mol. The fraction of sp³-hybridized carbons (Fsp3) is 0.500. The van der Waals surface area contributed by atoms with Crippen LogP contribution in [0.2, 0.25) is 0 Å². The maximum atomic E-state index is 9.18. The minimum atomic E-state index is 0.431. The molecule has 1 aliphatic heterocycles. The predicted octanol–water partition coefficient (Wildman–Crippen LogP) is 2.50. The fourth-order valence-corrected chi connectivity index (χ4v) is 2.39. The third kappa shape index (κ3) is 2.50. The van der Waals surface area contributed by atoms with Crippen LogP contribution in [0.25, 0.3) is 0 Å². The Morgan fingerprint density at radius 3 is 2.88 bits per heavy atom. The van der Waals surface area contributed by atoms with Crippen LogP contribution in [0.15, 0.2) is 24.3 Å². The first-order chi connectivity index (χ1) is 8.29. The van der Waals surface area contributed by atoms with Crippen molar-refractivity contribution in [1.29, 1.82) is 0 Å². The highest BCUT2D eigenvalue weighted by molar-refractivity contribution is 5.38. The van der Waals surface area contributed by atoms with Crippen molar-refractivity contribution < 1.29 is 14.3 Å². The molecule has 1 fully saturated rings. The molecule has 17 heavy (non-hydrogen) atoms. The van der Waals surface area contributed by atoms with Crippen molar-refractivity contribution in [1.82, 2.24) is 0 Å². The first-order valence-electron chi connectivity index (χ1n) is 6.04. The zero-order valence-electron chi connectivity index (χ0n) is 10.3. The normalized spacial score (nSPS) is 28.0. The molecule has 2 aliphatic rings. The molecule has 1 aromatic rings. The Hall–Kier alpha value is -1.35. The summed E-state index contributed by atoms with van der Waals surface area (Å²) in [6, 6.07) is 8.65. The van der Waals surface area contributed by atoms with Crippen LogP contribution in [0, 0.1) is 5.92 Å². The maximum Gasteiger partial charge on any atom is 0.293 e. The Kier molecular flexibility index (Phi) is 3.79. The number of carbonyl (C=O) groups excluding carboxylic acids is 1. The van der Waals surface area contributed by atoms with Crippen molar-refractivity contribution in [2.24, 2.45) is 5.92 Å². The minimum absolute atomic E-state index is 0.431. The van der Waals surface area contributed by atoms with Crippen molar-refractivity contribution >= 4 is 6.47 Å². The second-order valence-electron chi connectivity index (χ2n) is 4.41. The van der Waals surface area contributed by atoms with E-state index < -0.39 is 0 Å². The van der Waals surface area contributed by atoms with E-state index in [9.17, 15) is 4.79 Å². The molecular formula is C14H18O3. The van der Waals surface area contributed by atoms with E-state index in [-0.39, 0.29) is 0 Å². The fourth-order valence-electron chi connectivity index (χ4n) is 2.39. The lowest BCUT2D eigenvalue weighted by Gasteiger charge is -2.14. The summed E-state index contributed by atoms with van der Waals surface area (Å²) in [7, 11) is 0. The molecule has 3 unspecified atom stereocenters. The van der Waals surface area contributed by atoms with E-state index in [2.05, 4.69) is 35.9 Å². The molecule has 0 aromatic heterocycles. The van der Waals surface area contributed by atoms with Crippen LogP contribution in [-0.2, 0) is 20.9 Å². The SMILES string of the molecule is CC1C2OCc3ccccc3C12.CCOC=O. The number of hydrogen-bond acceptors (Lipinski definition) is 3. The van der Waals surface area contributed by atoms with Gasteiger partial charge in [0, 0.05) is 5.92 Å². The zero-order chi connectivity index (χ0) is 12.3. The maximum absolute atomic E-state index is 9.18. The van der Waals surface area contributed by atoms with Gasteiger partial charge in [0.05, 0.1) is 19.3 Å². The molecule has 92 valence electrons. The Balaban J connectivity index is 0.000000188. The molecule has 1 aromatic carbocycles. The Bertz CT molecular complexity index is 389. The van der Waals surface area contributed by atoms with Gasteiger partial charge in [-0.2, -0.15) is 0 Å². The summed E-state index contributed by atoms with van der Waals surface area (Å²) in [4.78, 5) is 9.18. The standard InChI is InChI=1S/C11H12O.C3H6O2/c1-7-10-9-5-3-2-4-8(9)6-12-11(7)10;1-2-5-3-4/h2-5,7,10-11H,6H2,1H3;3H,2H2,1H3. The molecule has 0 saturated heterocycles. The molecule has 1 heterocycles. The van der Waals surface area contributed by atoms with Crippen LogP contribution in [0.5, 0.6) is 0 Å². The van der Waals surface area contributed by atoms with Crippen LogP contribution >= 0.6 is 0 Å². The van der Waals surface area contributed by atoms with Crippen LogP contribution in [0.4, 0.5) is 0 Å². The number of carbonyl (C=O) groups is 1. The number of hydrogen-bond donors (Lipinski definition) is 0. The van der Waals surface area contributed by atoms with Crippen LogP contribution in [0.1, 0.15) is 30.9 Å². The first kappa shape index (κ1) is 12.1. The van der Waals surface area contributed by atoms with Gasteiger partial charge in [-0.05, 0) is 24.0 Å². The van der Waals surface area contributed by atoms with Gasteiger partial charge in [0.15, 0.2) is 0 Å². The summed E-state index contributed by atoms with van der Waals surface area (Å²) in [5, 5.41) is 0. The lowest BCUT2D eigenvalue weighted by molar-refractivity contribution is -0.128. The van der Waals surface area contributed by atoms with Crippen molar-refractivity contribution in [2.75, 3.05) is 6.61 Å². The van der Waals surface area contributed by atoms with Gasteiger partial charge >= 0.3 is 0 Å². The summed E-state index contributed by atoms with van der Waals surface area (Å²) in [5.41, 5.74) is 2.92. The Morgan fingerprint density at radius 1 is 1.47 bits per heavy atom. The highest BCUT2D eigenvalue weighted by Crippen LogP contribution is 2.53. The van der Waals surface area contributed by atoms with Gasteiger partial charge in [-0.1, -0.05) is 31.2 Å². The van der Waals surface area contributed by atoms with Crippen LogP contribution in [-0.4, -0.2) is 19.2 Å². The molecule has 0 spiro atoms. The van der Waals surface area contributed by atoms with Gasteiger partial charge in [-0.3, -0.25) is 4.79 Å². The largest absolute Gasteiger partial charge is 0.468 e. The number of fused-ring (bicyclic) bond motifs is 3. The molecule has 3 atom stereocenters. The molecule has 0 N–H and O–H groups in total. The van der Waals surface area contributed by atoms with E-state index in [4.69, 9.17) is 4.74 Å². The monoisotopic (exact) mass is 234 g/mol. The smallest absolute Gasteiger partial charge is 0.293 e. The summed E-state index contributed by atoms with van der Waals surface area (Å²) in [6.45, 7) is 5.76. The van der Waals surface area contributed by atoms with Gasteiger partial charge in [0.2, 0.25) is 0 Å². The molecule has 3 rings (SSSR count). The number of ether oxygens (including phenoxy) is 2. The van der Waals surface area contributed by atoms with Gasteiger partial charge in [-0.15, -0.1) is 0 Å². The lowest BCUT2D eigenvalue weighted by atomic mass is 10.0. The average molecular weight is 234 g/mol. The summed E-state index contributed by atoms with van der Waals surface area (Å²) in [5.74, 6) is 1.45. The lowest BCUT2D eigenvalue weighted by Crippen LogP contribution is -2.06. The van der Waals surface area contributed by atoms with Crippen molar-refractivity contribution in [2.45, 2.75) is 32.5 Å². The van der Waals surface area contributed by atoms with E-state index in [0.717, 1.165) is 12.5 Å². The first-order valence-corrected chi connectivity index (χ1v) is 6.04. The molecule has 0 amide bonds. The van der Waals surface area contributed by atoms with Gasteiger partial charge in [0.1, 0.15) is 0 Å². The highest BCUT2D eigenvalue weighted by atomic mass is 16.5. The third-order valence-electron chi connectivity index (χ3n) is 3.38. The van der Waals surface area contributed by atoms with Crippen LogP contribution in [0.3, 0.4) is 0 Å². The zero-order valence-corrected chi connectivity index (χ0v) is 10.3. The molecule has 1 aliphatic carbocycles. The summed E-state index contributed by atoms with van der Waals surface area (Å²) >= 11 is 0. The van der Waals surface area contributed by atoms with E-state index in [1.54, 1.807) is 6.92 Å². The minimum Gasteiger partial charge on any atom is -0.468 e. The van der Waals surface area contributed by atoms with E-state index in [0.29, 0.717) is 25.1 Å². The molecule has 3 heteroatoms. The summed E-state index contributed by atoms with van der Waals surface area (Å²) < 4.78 is 9.84. The van der Waals surface area contributed by atoms with Gasteiger partial charge < -0.3 is 9.47 Å². The molecule has 3 nitrogen and oxygen atoms in total. The van der Waals surface area contributed by atoms with Gasteiger partial charge in [0.25, 0.3) is 6.47 Å². The third-order valence-corrected chi connectivity index (χ3v) is 3.38. The second kappa shape index (κ2) is 5.32. The predicted molar refractivity (Wildman–Crippen MR) is 64.6 cm³/mol.